The van der Waals surface area contributed by atoms with Gasteiger partial charge in [0.1, 0.15) is 5.75 Å². The summed E-state index contributed by atoms with van der Waals surface area (Å²) in [6.07, 6.45) is 5.44. The Morgan fingerprint density at radius 2 is 2.21 bits per heavy atom. The topological polar surface area (TPSA) is 34.4 Å². The van der Waals surface area contributed by atoms with E-state index in [9.17, 15) is 0 Å². The molecular weight excluding hydrogens is 238 g/mol. The summed E-state index contributed by atoms with van der Waals surface area (Å²) in [5.41, 5.74) is 2.44. The predicted molar refractivity (Wildman–Crippen MR) is 76.6 cm³/mol. The molecule has 0 bridgehead atoms. The van der Waals surface area contributed by atoms with Crippen molar-refractivity contribution in [3.8, 4) is 5.75 Å². The predicted octanol–water partition coefficient (Wildman–Crippen LogP) is 3.19. The van der Waals surface area contributed by atoms with E-state index in [1.54, 1.807) is 12.5 Å². The van der Waals surface area contributed by atoms with Crippen LogP contribution in [0.15, 0.2) is 47.3 Å². The molecule has 1 aromatic heterocycles. The molecule has 2 aromatic rings. The minimum Gasteiger partial charge on any atom is -0.494 e. The van der Waals surface area contributed by atoms with Gasteiger partial charge in [0.15, 0.2) is 0 Å². The molecule has 2 rings (SSSR count). The monoisotopic (exact) mass is 259 g/mol. The first-order chi connectivity index (χ1) is 9.28. The van der Waals surface area contributed by atoms with E-state index in [1.165, 1.54) is 11.1 Å². The molecule has 1 heterocycles. The Balaban J connectivity index is 1.77. The second kappa shape index (κ2) is 7.00. The maximum atomic E-state index is 5.77. The van der Waals surface area contributed by atoms with Crippen LogP contribution in [0, 0.1) is 6.92 Å². The van der Waals surface area contributed by atoms with Crippen molar-refractivity contribution in [2.24, 2.45) is 0 Å². The average molecular weight is 259 g/mol. The van der Waals surface area contributed by atoms with Crippen LogP contribution in [0.3, 0.4) is 0 Å². The first-order valence-corrected chi connectivity index (χ1v) is 6.65. The second-order valence-corrected chi connectivity index (χ2v) is 4.77. The Bertz CT molecular complexity index is 479. The summed E-state index contributed by atoms with van der Waals surface area (Å²) in [7, 11) is 1.98. The fourth-order valence-electron chi connectivity index (χ4n) is 2.07. The van der Waals surface area contributed by atoms with Gasteiger partial charge in [-0.1, -0.05) is 12.1 Å². The molecule has 1 unspecified atom stereocenters. The van der Waals surface area contributed by atoms with E-state index < -0.39 is 0 Å². The van der Waals surface area contributed by atoms with Crippen LogP contribution in [0.1, 0.15) is 17.5 Å². The van der Waals surface area contributed by atoms with Crippen molar-refractivity contribution in [2.45, 2.75) is 25.8 Å². The van der Waals surface area contributed by atoms with E-state index in [1.807, 2.05) is 25.2 Å². The van der Waals surface area contributed by atoms with Crippen molar-refractivity contribution in [2.75, 3.05) is 13.7 Å². The molecule has 0 fully saturated rings. The summed E-state index contributed by atoms with van der Waals surface area (Å²) in [5.74, 6) is 0.943. The molecule has 1 aromatic carbocycles. The molecule has 0 aliphatic rings. The molecule has 0 aliphatic carbocycles. The van der Waals surface area contributed by atoms with Crippen molar-refractivity contribution in [3.63, 3.8) is 0 Å². The number of benzene rings is 1. The minimum atomic E-state index is 0.405. The van der Waals surface area contributed by atoms with Gasteiger partial charge in [-0.3, -0.25) is 0 Å². The number of aryl methyl sites for hydroxylation is 1. The van der Waals surface area contributed by atoms with E-state index in [4.69, 9.17) is 9.15 Å². The molecule has 0 saturated heterocycles. The third-order valence-corrected chi connectivity index (χ3v) is 3.20. The summed E-state index contributed by atoms with van der Waals surface area (Å²) in [5, 5.41) is 3.32. The van der Waals surface area contributed by atoms with Crippen LogP contribution in [0.5, 0.6) is 5.75 Å². The van der Waals surface area contributed by atoms with Crippen LogP contribution in [-0.4, -0.2) is 19.7 Å². The highest BCUT2D eigenvalue weighted by Gasteiger charge is 2.08. The summed E-state index contributed by atoms with van der Waals surface area (Å²) < 4.78 is 10.9. The van der Waals surface area contributed by atoms with Gasteiger partial charge in [-0.25, -0.2) is 0 Å². The molecule has 0 radical (unpaired) electrons. The van der Waals surface area contributed by atoms with Crippen molar-refractivity contribution in [1.29, 1.82) is 0 Å². The number of nitrogens with one attached hydrogen (secondary N) is 1. The number of furan rings is 1. The Morgan fingerprint density at radius 1 is 1.32 bits per heavy atom. The lowest BCUT2D eigenvalue weighted by molar-refractivity contribution is 0.288. The van der Waals surface area contributed by atoms with E-state index in [0.717, 1.165) is 18.6 Å². The van der Waals surface area contributed by atoms with Gasteiger partial charge in [-0.05, 0) is 56.1 Å². The lowest BCUT2D eigenvalue weighted by Crippen LogP contribution is -2.29. The number of ether oxygens (including phenoxy) is 1. The van der Waals surface area contributed by atoms with Gasteiger partial charge in [0.25, 0.3) is 0 Å². The first kappa shape index (κ1) is 13.7. The van der Waals surface area contributed by atoms with Crippen molar-refractivity contribution < 1.29 is 9.15 Å². The number of likely N-dealkylation sites (N-methyl/N-ethyl adjacent to an activating group) is 1. The van der Waals surface area contributed by atoms with Crippen LogP contribution in [-0.2, 0) is 6.42 Å². The Labute approximate surface area is 114 Å². The van der Waals surface area contributed by atoms with Crippen molar-refractivity contribution in [3.05, 3.63) is 54.0 Å². The molecule has 102 valence electrons. The second-order valence-electron chi connectivity index (χ2n) is 4.77. The standard InChI is InChI=1S/C16H21NO2/c1-13-4-3-5-16(10-13)19-9-7-15(17-2)11-14-6-8-18-12-14/h3-6,8,10,12,15,17H,7,9,11H2,1-2H3. The van der Waals surface area contributed by atoms with Crippen LogP contribution in [0.2, 0.25) is 0 Å². The normalized spacial score (nSPS) is 12.3. The molecular formula is C16H21NO2. The van der Waals surface area contributed by atoms with Crippen molar-refractivity contribution in [1.82, 2.24) is 5.32 Å². The summed E-state index contributed by atoms with van der Waals surface area (Å²) in [4.78, 5) is 0. The summed E-state index contributed by atoms with van der Waals surface area (Å²) in [6, 6.07) is 10.6. The van der Waals surface area contributed by atoms with Gasteiger partial charge in [-0.15, -0.1) is 0 Å². The van der Waals surface area contributed by atoms with Gasteiger partial charge in [-0.2, -0.15) is 0 Å². The van der Waals surface area contributed by atoms with Crippen LogP contribution in [0.25, 0.3) is 0 Å². The molecule has 0 amide bonds. The minimum absolute atomic E-state index is 0.405. The van der Waals surface area contributed by atoms with Gasteiger partial charge in [0.2, 0.25) is 0 Å². The zero-order chi connectivity index (χ0) is 13.5. The average Bonchev–Trinajstić information content (AvgIpc) is 2.90. The number of hydrogen-bond donors (Lipinski definition) is 1. The lowest BCUT2D eigenvalue weighted by Gasteiger charge is -2.15. The maximum absolute atomic E-state index is 5.77. The fraction of sp³-hybridized carbons (Fsp3) is 0.375. The third kappa shape index (κ3) is 4.45. The highest BCUT2D eigenvalue weighted by molar-refractivity contribution is 5.27. The fourth-order valence-corrected chi connectivity index (χ4v) is 2.07. The first-order valence-electron chi connectivity index (χ1n) is 6.65. The van der Waals surface area contributed by atoms with Crippen molar-refractivity contribution >= 4 is 0 Å². The van der Waals surface area contributed by atoms with Gasteiger partial charge in [0.05, 0.1) is 19.1 Å². The summed E-state index contributed by atoms with van der Waals surface area (Å²) >= 11 is 0. The van der Waals surface area contributed by atoms with E-state index in [2.05, 4.69) is 24.4 Å². The van der Waals surface area contributed by atoms with E-state index in [-0.39, 0.29) is 0 Å². The number of rotatable bonds is 7. The molecule has 3 nitrogen and oxygen atoms in total. The van der Waals surface area contributed by atoms with Crippen LogP contribution in [0.4, 0.5) is 0 Å². The van der Waals surface area contributed by atoms with E-state index in [0.29, 0.717) is 12.6 Å². The molecule has 19 heavy (non-hydrogen) atoms. The third-order valence-electron chi connectivity index (χ3n) is 3.20. The maximum Gasteiger partial charge on any atom is 0.119 e. The molecule has 3 heteroatoms. The highest BCUT2D eigenvalue weighted by Crippen LogP contribution is 2.13. The van der Waals surface area contributed by atoms with Crippen LogP contribution < -0.4 is 10.1 Å². The highest BCUT2D eigenvalue weighted by atomic mass is 16.5. The summed E-state index contributed by atoms with van der Waals surface area (Å²) in [6.45, 7) is 2.79. The zero-order valence-corrected chi connectivity index (χ0v) is 11.6. The lowest BCUT2D eigenvalue weighted by atomic mass is 10.1. The molecule has 0 spiro atoms. The molecule has 0 aliphatic heterocycles. The van der Waals surface area contributed by atoms with Gasteiger partial charge < -0.3 is 14.5 Å². The Morgan fingerprint density at radius 3 is 2.89 bits per heavy atom. The number of hydrogen-bond acceptors (Lipinski definition) is 3. The Hall–Kier alpha value is -1.74. The zero-order valence-electron chi connectivity index (χ0n) is 11.6. The smallest absolute Gasteiger partial charge is 0.119 e. The Kier molecular flexibility index (Phi) is 5.04. The van der Waals surface area contributed by atoms with Crippen LogP contribution >= 0.6 is 0 Å². The van der Waals surface area contributed by atoms with Gasteiger partial charge in [0, 0.05) is 6.04 Å². The van der Waals surface area contributed by atoms with E-state index >= 15 is 0 Å². The molecule has 1 N–H and O–H groups in total. The van der Waals surface area contributed by atoms with Gasteiger partial charge >= 0.3 is 0 Å². The molecule has 1 atom stereocenters. The quantitative estimate of drug-likeness (QED) is 0.829. The molecule has 0 saturated carbocycles. The SMILES string of the molecule is CNC(CCOc1cccc(C)c1)Cc1ccoc1. The largest absolute Gasteiger partial charge is 0.494 e.